The van der Waals surface area contributed by atoms with Gasteiger partial charge >= 0.3 is 0 Å². The molecule has 1 aromatic heterocycles. The number of halogens is 2. The fraction of sp³-hybridized carbons (Fsp3) is 0.500. The summed E-state index contributed by atoms with van der Waals surface area (Å²) in [6, 6.07) is 2.83. The molecule has 1 aromatic rings. The van der Waals surface area contributed by atoms with Gasteiger partial charge in [-0.25, -0.2) is 13.4 Å². The quantitative estimate of drug-likeness (QED) is 0.856. The molecule has 1 amide bonds. The molecular formula is C12H14Cl2N2O3S. The molecule has 110 valence electrons. The van der Waals surface area contributed by atoms with Crippen LogP contribution in [0.15, 0.2) is 12.1 Å². The van der Waals surface area contributed by atoms with Gasteiger partial charge in [0.05, 0.1) is 11.5 Å². The average molecular weight is 337 g/mol. The molecule has 1 N–H and O–H groups in total. The Kier molecular flexibility index (Phi) is 4.27. The fourth-order valence-electron chi connectivity index (χ4n) is 2.21. The molecule has 0 aliphatic carbocycles. The lowest BCUT2D eigenvalue weighted by molar-refractivity contribution is 0.0937. The van der Waals surface area contributed by atoms with Crippen molar-refractivity contribution in [3.8, 4) is 0 Å². The van der Waals surface area contributed by atoms with Crippen molar-refractivity contribution >= 4 is 38.9 Å². The number of hydrogen-bond donors (Lipinski definition) is 1. The molecule has 0 saturated carbocycles. The molecule has 1 saturated heterocycles. The number of nitrogens with zero attached hydrogens (tertiary/aromatic N) is 1. The Hall–Kier alpha value is -0.850. The number of carbonyl (C=O) groups is 1. The van der Waals surface area contributed by atoms with Gasteiger partial charge in [-0.3, -0.25) is 4.79 Å². The molecular weight excluding hydrogens is 323 g/mol. The smallest absolute Gasteiger partial charge is 0.251 e. The predicted octanol–water partition coefficient (Wildman–Crippen LogP) is 1.94. The molecule has 2 heterocycles. The summed E-state index contributed by atoms with van der Waals surface area (Å²) in [5, 5.41) is 3.00. The highest BCUT2D eigenvalue weighted by Gasteiger charge is 2.38. The van der Waals surface area contributed by atoms with Crippen molar-refractivity contribution in [3.63, 3.8) is 0 Å². The van der Waals surface area contributed by atoms with Gasteiger partial charge in [0.1, 0.15) is 10.3 Å². The number of carbonyl (C=O) groups excluding carboxylic acids is 1. The minimum Gasteiger partial charge on any atom is -0.351 e. The van der Waals surface area contributed by atoms with Crippen LogP contribution in [0, 0.1) is 5.41 Å². The van der Waals surface area contributed by atoms with Crippen molar-refractivity contribution in [1.82, 2.24) is 10.3 Å². The van der Waals surface area contributed by atoms with Crippen LogP contribution in [0.3, 0.4) is 0 Å². The molecule has 1 fully saturated rings. The SMILES string of the molecule is C[C@@]1(CNC(=O)c2cc(Cl)nc(Cl)c2)CCS(=O)(=O)C1. The monoisotopic (exact) mass is 336 g/mol. The standard InChI is InChI=1S/C12H14Cl2N2O3S/c1-12(2-3-20(18,19)7-12)6-15-11(17)8-4-9(13)16-10(14)5-8/h4-5H,2-3,6-7H2,1H3,(H,15,17)/t12-/m0/s1. The summed E-state index contributed by atoms with van der Waals surface area (Å²) in [7, 11) is -2.98. The van der Waals surface area contributed by atoms with Gasteiger partial charge < -0.3 is 5.32 Å². The Balaban J connectivity index is 2.02. The normalized spacial score (nSPS) is 24.6. The second-order valence-corrected chi connectivity index (χ2v) is 8.30. The van der Waals surface area contributed by atoms with Crippen LogP contribution in [-0.4, -0.2) is 37.4 Å². The molecule has 2 rings (SSSR count). The molecule has 0 aromatic carbocycles. The zero-order valence-electron chi connectivity index (χ0n) is 10.8. The number of hydrogen-bond acceptors (Lipinski definition) is 4. The Labute approximate surface area is 127 Å². The molecule has 0 unspecified atom stereocenters. The van der Waals surface area contributed by atoms with Gasteiger partial charge in [-0.2, -0.15) is 0 Å². The van der Waals surface area contributed by atoms with Crippen molar-refractivity contribution in [3.05, 3.63) is 28.0 Å². The molecule has 1 aliphatic rings. The summed E-state index contributed by atoms with van der Waals surface area (Å²) < 4.78 is 23.0. The lowest BCUT2D eigenvalue weighted by Crippen LogP contribution is -2.36. The first-order chi connectivity index (χ1) is 9.19. The van der Waals surface area contributed by atoms with Crippen molar-refractivity contribution in [2.75, 3.05) is 18.1 Å². The molecule has 1 atom stereocenters. The minimum atomic E-state index is -2.98. The van der Waals surface area contributed by atoms with E-state index in [4.69, 9.17) is 23.2 Å². The van der Waals surface area contributed by atoms with Gasteiger partial charge in [0.25, 0.3) is 5.91 Å². The highest BCUT2D eigenvalue weighted by molar-refractivity contribution is 7.91. The highest BCUT2D eigenvalue weighted by atomic mass is 35.5. The van der Waals surface area contributed by atoms with E-state index in [0.29, 0.717) is 18.5 Å². The maximum Gasteiger partial charge on any atom is 0.251 e. The first-order valence-electron chi connectivity index (χ1n) is 6.01. The van der Waals surface area contributed by atoms with E-state index in [1.54, 1.807) is 0 Å². The average Bonchev–Trinajstić information content (AvgIpc) is 2.60. The molecule has 20 heavy (non-hydrogen) atoms. The van der Waals surface area contributed by atoms with Crippen LogP contribution >= 0.6 is 23.2 Å². The van der Waals surface area contributed by atoms with Gasteiger partial charge in [0.2, 0.25) is 0 Å². The first-order valence-corrected chi connectivity index (χ1v) is 8.59. The first kappa shape index (κ1) is 15.5. The summed E-state index contributed by atoms with van der Waals surface area (Å²) in [6.45, 7) is 2.15. The van der Waals surface area contributed by atoms with Crippen LogP contribution in [0.4, 0.5) is 0 Å². The number of nitrogens with one attached hydrogen (secondary N) is 1. The lowest BCUT2D eigenvalue weighted by atomic mass is 9.90. The van der Waals surface area contributed by atoms with Gasteiger partial charge in [-0.1, -0.05) is 30.1 Å². The van der Waals surface area contributed by atoms with Crippen molar-refractivity contribution in [2.45, 2.75) is 13.3 Å². The number of pyridine rings is 1. The van der Waals surface area contributed by atoms with Crippen LogP contribution in [0.25, 0.3) is 0 Å². The van der Waals surface area contributed by atoms with E-state index in [1.165, 1.54) is 12.1 Å². The van der Waals surface area contributed by atoms with E-state index < -0.39 is 15.3 Å². The van der Waals surface area contributed by atoms with Gasteiger partial charge in [-0.15, -0.1) is 0 Å². The Morgan fingerprint density at radius 3 is 2.50 bits per heavy atom. The minimum absolute atomic E-state index is 0.0954. The van der Waals surface area contributed by atoms with E-state index in [0.717, 1.165) is 0 Å². The van der Waals surface area contributed by atoms with Gasteiger partial charge in [0, 0.05) is 12.1 Å². The molecule has 5 nitrogen and oxygen atoms in total. The van der Waals surface area contributed by atoms with Gasteiger partial charge in [0.15, 0.2) is 9.84 Å². The van der Waals surface area contributed by atoms with Crippen molar-refractivity contribution in [2.24, 2.45) is 5.41 Å². The number of amides is 1. The van der Waals surface area contributed by atoms with E-state index in [1.807, 2.05) is 6.92 Å². The van der Waals surface area contributed by atoms with Gasteiger partial charge in [-0.05, 0) is 24.0 Å². The Morgan fingerprint density at radius 1 is 1.40 bits per heavy atom. The number of sulfone groups is 1. The Morgan fingerprint density at radius 2 is 2.00 bits per heavy atom. The summed E-state index contributed by atoms with van der Waals surface area (Å²) in [5.41, 5.74) is -0.116. The lowest BCUT2D eigenvalue weighted by Gasteiger charge is -2.22. The van der Waals surface area contributed by atoms with E-state index in [9.17, 15) is 13.2 Å². The van der Waals surface area contributed by atoms with Crippen molar-refractivity contribution < 1.29 is 13.2 Å². The third-order valence-electron chi connectivity index (χ3n) is 3.29. The van der Waals surface area contributed by atoms with Crippen LogP contribution in [-0.2, 0) is 9.84 Å². The maximum atomic E-state index is 12.0. The van der Waals surface area contributed by atoms with Crippen molar-refractivity contribution in [1.29, 1.82) is 0 Å². The summed E-state index contributed by atoms with van der Waals surface area (Å²) in [6.07, 6.45) is 0.549. The predicted molar refractivity (Wildman–Crippen MR) is 78.0 cm³/mol. The van der Waals surface area contributed by atoms with E-state index >= 15 is 0 Å². The molecule has 0 spiro atoms. The van der Waals surface area contributed by atoms with Crippen LogP contribution in [0.5, 0.6) is 0 Å². The third kappa shape index (κ3) is 3.84. The molecule has 8 heteroatoms. The fourth-order valence-corrected chi connectivity index (χ4v) is 4.93. The largest absolute Gasteiger partial charge is 0.351 e. The molecule has 0 radical (unpaired) electrons. The van der Waals surface area contributed by atoms with Crippen LogP contribution in [0.2, 0.25) is 10.3 Å². The van der Waals surface area contributed by atoms with Crippen LogP contribution < -0.4 is 5.32 Å². The van der Waals surface area contributed by atoms with Crippen LogP contribution in [0.1, 0.15) is 23.7 Å². The second kappa shape index (κ2) is 5.50. The number of aromatic nitrogens is 1. The zero-order valence-corrected chi connectivity index (χ0v) is 13.1. The van der Waals surface area contributed by atoms with E-state index in [2.05, 4.69) is 10.3 Å². The molecule has 0 bridgehead atoms. The summed E-state index contributed by atoms with van der Waals surface area (Å²) in [5.74, 6) is -0.0774. The third-order valence-corrected chi connectivity index (χ3v) is 5.64. The zero-order chi connectivity index (χ0) is 15.0. The number of rotatable bonds is 3. The highest BCUT2D eigenvalue weighted by Crippen LogP contribution is 2.31. The molecule has 1 aliphatic heterocycles. The maximum absolute atomic E-state index is 12.0. The second-order valence-electron chi connectivity index (χ2n) is 5.34. The summed E-state index contributed by atoms with van der Waals surface area (Å²) in [4.78, 5) is 15.8. The topological polar surface area (TPSA) is 76.1 Å². The summed E-state index contributed by atoms with van der Waals surface area (Å²) >= 11 is 11.5. The van der Waals surface area contributed by atoms with E-state index in [-0.39, 0.29) is 27.7 Å². The Bertz CT molecular complexity index is 628.